The number of ether oxygens (including phenoxy) is 3. The Bertz CT molecular complexity index is 1660. The van der Waals surface area contributed by atoms with Gasteiger partial charge in [-0.3, -0.25) is 9.69 Å². The second-order valence-electron chi connectivity index (χ2n) is 11.0. The first kappa shape index (κ1) is 38.0. The van der Waals surface area contributed by atoms with Crippen molar-refractivity contribution < 1.29 is 43.6 Å². The normalized spacial score (nSPS) is 14.3. The summed E-state index contributed by atoms with van der Waals surface area (Å²) in [5, 5.41) is 22.5. The molecule has 1 N–H and O–H groups in total. The predicted octanol–water partition coefficient (Wildman–Crippen LogP) is 3.89. The van der Waals surface area contributed by atoms with Crippen LogP contribution >= 0.6 is 11.6 Å². The molecular weight excluding hydrogens is 698 g/mol. The molecule has 3 aromatic rings. The molecule has 1 saturated heterocycles. The third-order valence-corrected chi connectivity index (χ3v) is 7.90. The van der Waals surface area contributed by atoms with Crippen LogP contribution in [0.2, 0.25) is 5.02 Å². The molecule has 4 rings (SSSR count). The number of rotatable bonds is 19. The number of aromatic nitrogens is 4. The first-order valence-electron chi connectivity index (χ1n) is 15.7. The number of carbonyl (C=O) groups is 2. The van der Waals surface area contributed by atoms with Crippen LogP contribution in [0.15, 0.2) is 42.9 Å². The van der Waals surface area contributed by atoms with Crippen molar-refractivity contribution in [3.63, 3.8) is 0 Å². The minimum Gasteiger partial charge on any atom is -0.495 e. The summed E-state index contributed by atoms with van der Waals surface area (Å²) in [5.41, 5.74) is 0.976. The highest BCUT2D eigenvalue weighted by molar-refractivity contribution is 6.32. The van der Waals surface area contributed by atoms with E-state index in [4.69, 9.17) is 30.8 Å². The molecule has 0 bridgehead atoms. The van der Waals surface area contributed by atoms with Crippen LogP contribution in [-0.4, -0.2) is 94.8 Å². The van der Waals surface area contributed by atoms with Crippen LogP contribution in [0.4, 0.5) is 22.5 Å². The van der Waals surface area contributed by atoms with E-state index in [1.54, 1.807) is 25.2 Å². The van der Waals surface area contributed by atoms with Gasteiger partial charge in [0.1, 0.15) is 36.4 Å². The lowest BCUT2D eigenvalue weighted by molar-refractivity contribution is -0.790. The molecule has 51 heavy (non-hydrogen) atoms. The summed E-state index contributed by atoms with van der Waals surface area (Å²) < 4.78 is 15.7. The van der Waals surface area contributed by atoms with Gasteiger partial charge in [-0.05, 0) is 55.9 Å². The third-order valence-electron chi connectivity index (χ3n) is 7.61. The van der Waals surface area contributed by atoms with E-state index in [0.717, 1.165) is 12.0 Å². The van der Waals surface area contributed by atoms with E-state index in [2.05, 4.69) is 29.9 Å². The molecule has 0 radical (unpaired) electrons. The minimum absolute atomic E-state index is 0.0267. The van der Waals surface area contributed by atoms with Crippen LogP contribution in [0.3, 0.4) is 0 Å². The number of methoxy groups -OCH3 is 1. The Kier molecular flexibility index (Phi) is 14.0. The smallest absolute Gasteiger partial charge is 0.495 e. The highest BCUT2D eigenvalue weighted by atomic mass is 35.5. The summed E-state index contributed by atoms with van der Waals surface area (Å²) in [6.45, 7) is 0.146. The maximum Gasteiger partial charge on any atom is 0.508 e. The fourth-order valence-electron chi connectivity index (χ4n) is 5.08. The summed E-state index contributed by atoms with van der Waals surface area (Å²) in [7, 11) is 3.06. The summed E-state index contributed by atoms with van der Waals surface area (Å²) in [6.07, 6.45) is 4.51. The number of anilines is 3. The summed E-state index contributed by atoms with van der Waals surface area (Å²) >= 11 is 6.32. The number of carbonyl (C=O) groups excluding carboxylic acids is 2. The Balaban J connectivity index is 1.37. The molecule has 0 aliphatic carbocycles. The second-order valence-corrected chi connectivity index (χ2v) is 11.4. The van der Waals surface area contributed by atoms with Gasteiger partial charge in [0, 0.05) is 38.7 Å². The van der Waals surface area contributed by atoms with Gasteiger partial charge in [-0.25, -0.2) is 19.7 Å². The number of amides is 1. The molecule has 1 fully saturated rings. The molecule has 274 valence electrons. The van der Waals surface area contributed by atoms with Gasteiger partial charge in [-0.15, -0.1) is 20.2 Å². The zero-order chi connectivity index (χ0) is 36.8. The first-order valence-corrected chi connectivity index (χ1v) is 16.1. The van der Waals surface area contributed by atoms with Crippen molar-refractivity contribution in [2.75, 3.05) is 55.6 Å². The van der Waals surface area contributed by atoms with Gasteiger partial charge in [-0.1, -0.05) is 17.7 Å². The largest absolute Gasteiger partial charge is 0.508 e. The van der Waals surface area contributed by atoms with Gasteiger partial charge in [0.15, 0.2) is 0 Å². The number of hydrogen-bond acceptors (Lipinski definition) is 17. The molecule has 1 amide bonds. The van der Waals surface area contributed by atoms with Crippen molar-refractivity contribution in [1.29, 1.82) is 0 Å². The molecule has 2 aromatic heterocycles. The average molecular weight is 734 g/mol. The molecule has 1 aliphatic heterocycles. The van der Waals surface area contributed by atoms with Crippen molar-refractivity contribution in [3.05, 3.63) is 79.2 Å². The zero-order valence-electron chi connectivity index (χ0n) is 27.7. The molecule has 0 saturated carbocycles. The van der Waals surface area contributed by atoms with E-state index < -0.39 is 34.9 Å². The number of unbranched alkanes of at least 4 members (excludes halogenated alkanes) is 1. The Morgan fingerprint density at radius 2 is 1.92 bits per heavy atom. The molecule has 3 heterocycles. The van der Waals surface area contributed by atoms with E-state index in [1.165, 1.54) is 30.6 Å². The number of halogens is 1. The Morgan fingerprint density at radius 1 is 1.14 bits per heavy atom. The van der Waals surface area contributed by atoms with E-state index in [0.29, 0.717) is 42.5 Å². The first-order chi connectivity index (χ1) is 24.5. The van der Waals surface area contributed by atoms with E-state index in [-0.39, 0.29) is 49.6 Å². The quantitative estimate of drug-likeness (QED) is 0.0795. The highest BCUT2D eigenvalue weighted by Crippen LogP contribution is 2.28. The van der Waals surface area contributed by atoms with Crippen LogP contribution in [0, 0.1) is 20.2 Å². The van der Waals surface area contributed by atoms with Gasteiger partial charge in [0.2, 0.25) is 11.9 Å². The Labute approximate surface area is 296 Å². The molecule has 1 aromatic carbocycles. The van der Waals surface area contributed by atoms with Gasteiger partial charge >= 0.3 is 6.16 Å². The Hall–Kier alpha value is -5.79. The SMILES string of the molecule is COc1ccc(CNc2nc(N3CCCC3COC(=O)OCCCCC(CO[N+](=O)[O-])O[N+](=O)[O-])ncc2C(=O)N(C)c2ncccn2)cc1Cl. The number of benzene rings is 1. The van der Waals surface area contributed by atoms with Gasteiger partial charge in [0.25, 0.3) is 16.1 Å². The summed E-state index contributed by atoms with van der Waals surface area (Å²) in [4.78, 5) is 76.1. The maximum atomic E-state index is 13.6. The minimum atomic E-state index is -1.14. The monoisotopic (exact) mass is 733 g/mol. The van der Waals surface area contributed by atoms with Crippen molar-refractivity contribution in [2.45, 2.75) is 50.8 Å². The van der Waals surface area contributed by atoms with E-state index >= 15 is 0 Å². The number of nitrogens with zero attached hydrogens (tertiary/aromatic N) is 8. The fourth-order valence-corrected chi connectivity index (χ4v) is 5.36. The topological polar surface area (TPSA) is 237 Å². The van der Waals surface area contributed by atoms with Gasteiger partial charge in [-0.2, -0.15) is 4.98 Å². The lowest BCUT2D eigenvalue weighted by Gasteiger charge is -2.25. The highest BCUT2D eigenvalue weighted by Gasteiger charge is 2.30. The van der Waals surface area contributed by atoms with Crippen LogP contribution < -0.4 is 19.9 Å². The average Bonchev–Trinajstić information content (AvgIpc) is 3.60. The van der Waals surface area contributed by atoms with Gasteiger partial charge in [0.05, 0.1) is 24.8 Å². The van der Waals surface area contributed by atoms with Crippen molar-refractivity contribution >= 4 is 41.4 Å². The van der Waals surface area contributed by atoms with E-state index in [9.17, 15) is 29.8 Å². The van der Waals surface area contributed by atoms with Crippen LogP contribution in [0.1, 0.15) is 48.0 Å². The molecule has 2 atom stereocenters. The molecular formula is C30H36ClN9O11. The third kappa shape index (κ3) is 11.4. The standard InChI is InChI=1S/C30H36ClN9O11/c1-37(28-32-11-6-12-33-28)27(41)23-17-35-29(36-26(23)34-16-20-9-10-25(47-2)24(31)15-20)38-13-5-7-21(38)18-49-30(42)48-14-4-3-8-22(51-40(45)46)19-50-39(43)44/h6,9-12,15,17,21-22H,3-5,7-8,13-14,16,18-19H2,1-2H3,(H,34,35,36). The van der Waals surface area contributed by atoms with Gasteiger partial charge < -0.3 is 34.1 Å². The molecule has 2 unspecified atom stereocenters. The maximum absolute atomic E-state index is 13.6. The molecule has 1 aliphatic rings. The van der Waals surface area contributed by atoms with Crippen LogP contribution in [0.25, 0.3) is 0 Å². The van der Waals surface area contributed by atoms with Crippen molar-refractivity contribution in [2.24, 2.45) is 0 Å². The number of nitrogens with one attached hydrogen (secondary N) is 1. The number of hydrogen-bond donors (Lipinski definition) is 1. The lowest BCUT2D eigenvalue weighted by atomic mass is 10.2. The summed E-state index contributed by atoms with van der Waals surface area (Å²) in [6, 6.07) is 6.66. The zero-order valence-corrected chi connectivity index (χ0v) is 28.5. The Morgan fingerprint density at radius 3 is 2.63 bits per heavy atom. The molecule has 21 heteroatoms. The fraction of sp³-hybridized carbons (Fsp3) is 0.467. The predicted molar refractivity (Wildman–Crippen MR) is 178 cm³/mol. The van der Waals surface area contributed by atoms with Crippen LogP contribution in [-0.2, 0) is 25.7 Å². The molecule has 0 spiro atoms. The van der Waals surface area contributed by atoms with Crippen molar-refractivity contribution in [1.82, 2.24) is 19.9 Å². The van der Waals surface area contributed by atoms with E-state index in [1.807, 2.05) is 11.0 Å². The summed E-state index contributed by atoms with van der Waals surface area (Å²) in [5.74, 6) is 0.831. The second kappa shape index (κ2) is 18.8. The lowest BCUT2D eigenvalue weighted by Crippen LogP contribution is -2.36. The van der Waals surface area contributed by atoms with Crippen LogP contribution in [0.5, 0.6) is 5.75 Å². The van der Waals surface area contributed by atoms with Crippen molar-refractivity contribution in [3.8, 4) is 5.75 Å². The molecule has 20 nitrogen and oxygen atoms in total.